The zero-order chi connectivity index (χ0) is 22.9. The number of hydrogen-bond acceptors (Lipinski definition) is 5. The highest BCUT2D eigenvalue weighted by Crippen LogP contribution is 2.24. The third-order valence-electron chi connectivity index (χ3n) is 5.62. The SMILES string of the molecule is Cn1ncc2ccc(-c3ccc(CCN(CCCCCCC(=O)NO)[SH](=O)=O)cc3)cc21. The average Bonchev–Trinajstić information content (AvgIpc) is 3.18. The second kappa shape index (κ2) is 11.8. The molecule has 3 aromatic rings. The van der Waals surface area contributed by atoms with Gasteiger partial charge in [0, 0.05) is 31.9 Å². The van der Waals surface area contributed by atoms with Gasteiger partial charge in [-0.1, -0.05) is 49.2 Å². The van der Waals surface area contributed by atoms with E-state index in [4.69, 9.17) is 5.21 Å². The number of fused-ring (bicyclic) bond motifs is 1. The number of carbonyl (C=O) groups excluding carboxylic acids is 1. The molecule has 1 amide bonds. The minimum Gasteiger partial charge on any atom is -0.289 e. The van der Waals surface area contributed by atoms with E-state index in [0.29, 0.717) is 25.9 Å². The Morgan fingerprint density at radius 1 is 1.03 bits per heavy atom. The molecule has 2 N–H and O–H groups in total. The maximum atomic E-state index is 11.6. The third kappa shape index (κ3) is 6.62. The summed E-state index contributed by atoms with van der Waals surface area (Å²) < 4.78 is 26.5. The Hall–Kier alpha value is -2.75. The Morgan fingerprint density at radius 3 is 2.47 bits per heavy atom. The zero-order valence-corrected chi connectivity index (χ0v) is 19.1. The number of nitrogens with zero attached hydrogens (tertiary/aromatic N) is 3. The van der Waals surface area contributed by atoms with Crippen molar-refractivity contribution in [3.63, 3.8) is 0 Å². The van der Waals surface area contributed by atoms with Gasteiger partial charge in [0.15, 0.2) is 0 Å². The molecule has 0 spiro atoms. The van der Waals surface area contributed by atoms with Crippen LogP contribution in [0.1, 0.15) is 37.7 Å². The lowest BCUT2D eigenvalue weighted by Gasteiger charge is -2.15. The molecule has 9 heteroatoms. The normalized spacial score (nSPS) is 11.5. The first-order chi connectivity index (χ1) is 15.5. The summed E-state index contributed by atoms with van der Waals surface area (Å²) in [4.78, 5) is 11.0. The number of hydrogen-bond donors (Lipinski definition) is 3. The number of thiol groups is 1. The van der Waals surface area contributed by atoms with E-state index < -0.39 is 16.8 Å². The molecule has 0 aliphatic heterocycles. The van der Waals surface area contributed by atoms with Crippen molar-refractivity contribution in [3.8, 4) is 11.1 Å². The van der Waals surface area contributed by atoms with Crippen molar-refractivity contribution in [3.05, 3.63) is 54.2 Å². The van der Waals surface area contributed by atoms with Crippen LogP contribution >= 0.6 is 0 Å². The Balaban J connectivity index is 1.49. The fourth-order valence-electron chi connectivity index (χ4n) is 3.71. The summed E-state index contributed by atoms with van der Waals surface area (Å²) in [5, 5.41) is 13.9. The summed E-state index contributed by atoms with van der Waals surface area (Å²) in [6, 6.07) is 14.5. The van der Waals surface area contributed by atoms with Gasteiger partial charge < -0.3 is 0 Å². The van der Waals surface area contributed by atoms with Crippen molar-refractivity contribution in [2.24, 2.45) is 7.05 Å². The first kappa shape index (κ1) is 23.9. The van der Waals surface area contributed by atoms with Gasteiger partial charge >= 0.3 is 0 Å². The van der Waals surface area contributed by atoms with E-state index in [2.05, 4.69) is 35.4 Å². The predicted octanol–water partition coefficient (Wildman–Crippen LogP) is 3.07. The van der Waals surface area contributed by atoms with E-state index in [9.17, 15) is 13.2 Å². The van der Waals surface area contributed by atoms with E-state index in [-0.39, 0.29) is 6.42 Å². The molecule has 0 aliphatic rings. The molecule has 1 aromatic heterocycles. The molecule has 3 rings (SSSR count). The summed E-state index contributed by atoms with van der Waals surface area (Å²) in [5.74, 6) is -0.391. The van der Waals surface area contributed by atoms with E-state index in [1.54, 1.807) is 5.48 Å². The molecule has 1 heterocycles. The number of aromatic nitrogens is 2. The number of rotatable bonds is 12. The van der Waals surface area contributed by atoms with Crippen LogP contribution in [0.3, 0.4) is 0 Å². The van der Waals surface area contributed by atoms with Crippen molar-refractivity contribution >= 4 is 27.7 Å². The number of amides is 1. The average molecular weight is 459 g/mol. The maximum Gasteiger partial charge on any atom is 0.243 e. The summed E-state index contributed by atoms with van der Waals surface area (Å²) >= 11 is 0. The van der Waals surface area contributed by atoms with Crippen LogP contribution in [-0.4, -0.2) is 46.7 Å². The van der Waals surface area contributed by atoms with Gasteiger partial charge in [0.1, 0.15) is 0 Å². The fraction of sp³-hybridized carbons (Fsp3) is 0.391. The molecule has 2 aromatic carbocycles. The van der Waals surface area contributed by atoms with Crippen LogP contribution in [0, 0.1) is 0 Å². The number of benzene rings is 2. The molecule has 0 radical (unpaired) electrons. The van der Waals surface area contributed by atoms with Crippen LogP contribution < -0.4 is 5.48 Å². The van der Waals surface area contributed by atoms with Crippen LogP contribution in [0.4, 0.5) is 0 Å². The van der Waals surface area contributed by atoms with E-state index in [1.807, 2.05) is 30.1 Å². The van der Waals surface area contributed by atoms with Gasteiger partial charge in [-0.2, -0.15) is 5.10 Å². The van der Waals surface area contributed by atoms with Crippen LogP contribution in [0.2, 0.25) is 0 Å². The summed E-state index contributed by atoms with van der Waals surface area (Å²) in [7, 11) is -0.699. The molecular weight excluding hydrogens is 428 g/mol. The molecule has 0 saturated carbocycles. The first-order valence-electron chi connectivity index (χ1n) is 10.8. The highest BCUT2D eigenvalue weighted by atomic mass is 32.2. The topological polar surface area (TPSA) is 105 Å². The van der Waals surface area contributed by atoms with E-state index >= 15 is 0 Å². The molecule has 0 atom stereocenters. The van der Waals surface area contributed by atoms with Crippen molar-refractivity contribution in [1.82, 2.24) is 19.6 Å². The lowest BCUT2D eigenvalue weighted by Crippen LogP contribution is -2.25. The number of aryl methyl sites for hydroxylation is 1. The third-order valence-corrected chi connectivity index (χ3v) is 6.48. The zero-order valence-electron chi connectivity index (χ0n) is 18.2. The van der Waals surface area contributed by atoms with Crippen molar-refractivity contribution in [2.75, 3.05) is 13.1 Å². The monoisotopic (exact) mass is 458 g/mol. The number of unbranched alkanes of at least 4 members (excludes halogenated alkanes) is 3. The summed E-state index contributed by atoms with van der Waals surface area (Å²) in [5.41, 5.74) is 6.01. The van der Waals surface area contributed by atoms with Crippen molar-refractivity contribution in [1.29, 1.82) is 0 Å². The van der Waals surface area contributed by atoms with Crippen LogP contribution in [0.25, 0.3) is 22.0 Å². The molecule has 0 bridgehead atoms. The van der Waals surface area contributed by atoms with Gasteiger partial charge in [0.05, 0.1) is 11.7 Å². The molecule has 0 saturated heterocycles. The molecular formula is C23H30N4O4S. The highest BCUT2D eigenvalue weighted by Gasteiger charge is 2.08. The van der Waals surface area contributed by atoms with Gasteiger partial charge in [-0.3, -0.25) is 14.7 Å². The largest absolute Gasteiger partial charge is 0.289 e. The van der Waals surface area contributed by atoms with Gasteiger partial charge in [0.25, 0.3) is 0 Å². The Bertz CT molecular complexity index is 1100. The van der Waals surface area contributed by atoms with Gasteiger partial charge in [-0.25, -0.2) is 18.2 Å². The first-order valence-corrected chi connectivity index (χ1v) is 11.9. The minimum atomic E-state index is -2.63. The number of nitrogens with one attached hydrogen (secondary N) is 1. The molecule has 0 aliphatic carbocycles. The Kier molecular flexibility index (Phi) is 8.78. The minimum absolute atomic E-state index is 0.280. The quantitative estimate of drug-likeness (QED) is 0.167. The maximum absolute atomic E-state index is 11.6. The van der Waals surface area contributed by atoms with Gasteiger partial charge in [-0.05, 0) is 42.0 Å². The molecule has 32 heavy (non-hydrogen) atoms. The Morgan fingerprint density at radius 2 is 1.75 bits per heavy atom. The lowest BCUT2D eigenvalue weighted by molar-refractivity contribution is -0.129. The second-order valence-corrected chi connectivity index (χ2v) is 8.92. The van der Waals surface area contributed by atoms with Crippen LogP contribution in [0.15, 0.2) is 48.7 Å². The van der Waals surface area contributed by atoms with Gasteiger partial charge in [-0.15, -0.1) is 0 Å². The summed E-state index contributed by atoms with van der Waals surface area (Å²) in [6.07, 6.45) is 5.87. The van der Waals surface area contributed by atoms with E-state index in [0.717, 1.165) is 46.9 Å². The standard InChI is InChI=1S/C23H30N4O4S/c1-26-22-16-20(11-12-21(22)17-24-26)19-9-7-18(8-10-19)13-15-27(32(30)31)14-5-3-2-4-6-23(28)25-29/h7-12,16-17,29,32H,2-6,13-15H2,1H3,(H,25,28). The van der Waals surface area contributed by atoms with Gasteiger partial charge in [0.2, 0.25) is 16.8 Å². The fourth-order valence-corrected chi connectivity index (χ4v) is 4.28. The molecule has 8 nitrogen and oxygen atoms in total. The highest BCUT2D eigenvalue weighted by molar-refractivity contribution is 7.69. The second-order valence-electron chi connectivity index (χ2n) is 7.88. The van der Waals surface area contributed by atoms with Crippen molar-refractivity contribution < 1.29 is 18.4 Å². The van der Waals surface area contributed by atoms with Crippen LogP contribution in [0.5, 0.6) is 0 Å². The molecule has 0 unspecified atom stereocenters. The molecule has 0 fully saturated rings. The smallest absolute Gasteiger partial charge is 0.243 e. The lowest BCUT2D eigenvalue weighted by atomic mass is 10.0. The molecule has 172 valence electrons. The summed E-state index contributed by atoms with van der Waals surface area (Å²) in [6.45, 7) is 0.930. The Labute approximate surface area is 189 Å². The predicted molar refractivity (Wildman–Crippen MR) is 125 cm³/mol. The van der Waals surface area contributed by atoms with Crippen LogP contribution in [-0.2, 0) is 29.2 Å². The number of carbonyl (C=O) groups is 1. The number of hydroxylamine groups is 1. The van der Waals surface area contributed by atoms with Crippen molar-refractivity contribution in [2.45, 2.75) is 38.5 Å². The van der Waals surface area contributed by atoms with E-state index in [1.165, 1.54) is 4.31 Å².